The summed E-state index contributed by atoms with van der Waals surface area (Å²) < 4.78 is 40.4. The first-order valence-electron chi connectivity index (χ1n) is 12.0. The molecule has 0 aliphatic heterocycles. The molecule has 1 N–H and O–H groups in total. The summed E-state index contributed by atoms with van der Waals surface area (Å²) in [4.78, 5) is 4.71. The number of aryl methyl sites for hydroxylation is 1. The topological polar surface area (TPSA) is 77.5 Å². The fourth-order valence-electron chi connectivity index (χ4n) is 3.71. The third kappa shape index (κ3) is 6.40. The number of sulfonamides is 1. The highest BCUT2D eigenvalue weighted by molar-refractivity contribution is 7.93. The van der Waals surface area contributed by atoms with E-state index in [1.165, 1.54) is 11.3 Å². The molecule has 0 bridgehead atoms. The van der Waals surface area contributed by atoms with E-state index < -0.39 is 10.0 Å². The van der Waals surface area contributed by atoms with Gasteiger partial charge in [-0.3, -0.25) is 4.72 Å². The number of nitrogens with zero attached hydrogens (tertiary/aromatic N) is 1. The Morgan fingerprint density at radius 3 is 2.00 bits per heavy atom. The van der Waals surface area contributed by atoms with Crippen molar-refractivity contribution in [1.29, 1.82) is 0 Å². The van der Waals surface area contributed by atoms with Gasteiger partial charge in [0.05, 0.1) is 10.6 Å². The highest BCUT2D eigenvalue weighted by Crippen LogP contribution is 2.35. The summed E-state index contributed by atoms with van der Waals surface area (Å²) in [5.41, 5.74) is 4.50. The summed E-state index contributed by atoms with van der Waals surface area (Å²) in [6.07, 6.45) is 0. The first kappa shape index (κ1) is 25.5. The molecule has 8 heteroatoms. The van der Waals surface area contributed by atoms with E-state index in [0.717, 1.165) is 22.3 Å². The van der Waals surface area contributed by atoms with Crippen molar-refractivity contribution in [2.45, 2.75) is 25.0 Å². The Balaban J connectivity index is 1.37. The minimum atomic E-state index is -3.73. The molecule has 0 aliphatic carbocycles. The molecule has 0 atom stereocenters. The Bertz CT molecular complexity index is 1600. The summed E-state index contributed by atoms with van der Waals surface area (Å²) in [6, 6.07) is 32.1. The zero-order valence-corrected chi connectivity index (χ0v) is 22.3. The van der Waals surface area contributed by atoms with Gasteiger partial charge in [0.2, 0.25) is 0 Å². The largest absolute Gasteiger partial charge is 0.485 e. The summed E-state index contributed by atoms with van der Waals surface area (Å²) in [5, 5.41) is 2.10. The van der Waals surface area contributed by atoms with E-state index in [4.69, 9.17) is 9.47 Å². The van der Waals surface area contributed by atoms with Gasteiger partial charge < -0.3 is 9.47 Å². The molecule has 0 aliphatic rings. The van der Waals surface area contributed by atoms with Gasteiger partial charge in [-0.05, 0) is 48.4 Å². The number of thiazole rings is 1. The Morgan fingerprint density at radius 1 is 0.763 bits per heavy atom. The Hall–Kier alpha value is -4.14. The second-order valence-corrected chi connectivity index (χ2v) is 11.2. The number of aromatic nitrogens is 1. The first-order valence-corrected chi connectivity index (χ1v) is 14.4. The molecular formula is C30H26N2O4S2. The number of hydrogen-bond donors (Lipinski definition) is 1. The molecule has 0 amide bonds. The van der Waals surface area contributed by atoms with Crippen molar-refractivity contribution in [2.24, 2.45) is 0 Å². The predicted molar refractivity (Wildman–Crippen MR) is 151 cm³/mol. The van der Waals surface area contributed by atoms with E-state index in [1.807, 2.05) is 91.2 Å². The molecule has 0 radical (unpaired) electrons. The van der Waals surface area contributed by atoms with Crippen LogP contribution in [0, 0.1) is 6.92 Å². The highest BCUT2D eigenvalue weighted by Gasteiger charge is 2.17. The standard InChI is InChI=1S/C30H26N2O4S2/c1-22-12-15-26(16-13-22)38(33,34)32-30-31-27(21-37-30)25-14-17-28(35-19-23-8-4-2-5-9-23)29(18-25)36-20-24-10-6-3-7-11-24/h2-18,21H,19-20H2,1H3,(H,31,32). The highest BCUT2D eigenvalue weighted by atomic mass is 32.2. The summed E-state index contributed by atoms with van der Waals surface area (Å²) in [6.45, 7) is 2.70. The van der Waals surface area contributed by atoms with Crippen molar-refractivity contribution >= 4 is 26.5 Å². The number of hydrogen-bond acceptors (Lipinski definition) is 6. The molecule has 38 heavy (non-hydrogen) atoms. The second-order valence-electron chi connectivity index (χ2n) is 8.67. The van der Waals surface area contributed by atoms with Gasteiger partial charge in [-0.15, -0.1) is 11.3 Å². The van der Waals surface area contributed by atoms with E-state index in [0.29, 0.717) is 30.4 Å². The van der Waals surface area contributed by atoms with Crippen LogP contribution in [-0.2, 0) is 23.2 Å². The number of nitrogens with one attached hydrogen (secondary N) is 1. The fourth-order valence-corrected chi connectivity index (χ4v) is 5.69. The van der Waals surface area contributed by atoms with Crippen LogP contribution < -0.4 is 14.2 Å². The lowest BCUT2D eigenvalue weighted by Gasteiger charge is -2.14. The molecule has 0 fully saturated rings. The zero-order valence-electron chi connectivity index (χ0n) is 20.7. The van der Waals surface area contributed by atoms with Crippen LogP contribution in [-0.4, -0.2) is 13.4 Å². The molecule has 0 spiro atoms. The summed E-state index contributed by atoms with van der Waals surface area (Å²) in [7, 11) is -3.73. The van der Waals surface area contributed by atoms with Crippen molar-refractivity contribution in [3.8, 4) is 22.8 Å². The van der Waals surface area contributed by atoms with Crippen LogP contribution in [0.1, 0.15) is 16.7 Å². The van der Waals surface area contributed by atoms with Crippen molar-refractivity contribution < 1.29 is 17.9 Å². The lowest BCUT2D eigenvalue weighted by Crippen LogP contribution is -2.12. The maximum absolute atomic E-state index is 12.8. The van der Waals surface area contributed by atoms with Crippen molar-refractivity contribution in [3.05, 3.63) is 125 Å². The Kier molecular flexibility index (Phi) is 7.72. The van der Waals surface area contributed by atoms with Crippen LogP contribution >= 0.6 is 11.3 Å². The van der Waals surface area contributed by atoms with Crippen LogP contribution in [0.3, 0.4) is 0 Å². The maximum Gasteiger partial charge on any atom is 0.263 e. The molecule has 1 heterocycles. The van der Waals surface area contributed by atoms with Gasteiger partial charge in [0.1, 0.15) is 13.2 Å². The zero-order chi connectivity index (χ0) is 26.4. The van der Waals surface area contributed by atoms with Gasteiger partial charge in [-0.1, -0.05) is 78.4 Å². The SMILES string of the molecule is Cc1ccc(S(=O)(=O)Nc2nc(-c3ccc(OCc4ccccc4)c(OCc4ccccc4)c3)cs2)cc1. The normalized spacial score (nSPS) is 11.2. The molecule has 6 nitrogen and oxygen atoms in total. The van der Waals surface area contributed by atoms with E-state index in [1.54, 1.807) is 24.3 Å². The maximum atomic E-state index is 12.8. The second kappa shape index (κ2) is 11.5. The van der Waals surface area contributed by atoms with Crippen LogP contribution in [0.4, 0.5) is 5.13 Å². The van der Waals surface area contributed by atoms with E-state index >= 15 is 0 Å². The number of benzene rings is 4. The quantitative estimate of drug-likeness (QED) is 0.204. The van der Waals surface area contributed by atoms with E-state index in [9.17, 15) is 8.42 Å². The molecular weight excluding hydrogens is 516 g/mol. The minimum Gasteiger partial charge on any atom is -0.485 e. The Morgan fingerprint density at radius 2 is 1.37 bits per heavy atom. The average molecular weight is 543 g/mol. The van der Waals surface area contributed by atoms with E-state index in [2.05, 4.69) is 9.71 Å². The number of anilines is 1. The average Bonchev–Trinajstić information content (AvgIpc) is 3.40. The minimum absolute atomic E-state index is 0.191. The van der Waals surface area contributed by atoms with Crippen LogP contribution in [0.15, 0.2) is 113 Å². The third-order valence-corrected chi connectivity index (χ3v) is 8.01. The van der Waals surface area contributed by atoms with Crippen LogP contribution in [0.2, 0.25) is 0 Å². The van der Waals surface area contributed by atoms with Gasteiger partial charge in [0.15, 0.2) is 16.6 Å². The molecule has 0 saturated carbocycles. The van der Waals surface area contributed by atoms with Gasteiger partial charge in [-0.25, -0.2) is 13.4 Å². The first-order chi connectivity index (χ1) is 18.5. The smallest absolute Gasteiger partial charge is 0.263 e. The van der Waals surface area contributed by atoms with E-state index in [-0.39, 0.29) is 10.0 Å². The van der Waals surface area contributed by atoms with Gasteiger partial charge >= 0.3 is 0 Å². The molecule has 0 unspecified atom stereocenters. The number of ether oxygens (including phenoxy) is 2. The summed E-state index contributed by atoms with van der Waals surface area (Å²) in [5.74, 6) is 1.20. The predicted octanol–water partition coefficient (Wildman–Crippen LogP) is 7.08. The van der Waals surface area contributed by atoms with Gasteiger partial charge in [0, 0.05) is 10.9 Å². The molecule has 192 valence electrons. The van der Waals surface area contributed by atoms with Crippen LogP contribution in [0.5, 0.6) is 11.5 Å². The Labute approximate surface area is 226 Å². The molecule has 4 aromatic carbocycles. The van der Waals surface area contributed by atoms with Crippen molar-refractivity contribution in [2.75, 3.05) is 4.72 Å². The lowest BCUT2D eigenvalue weighted by atomic mass is 10.1. The lowest BCUT2D eigenvalue weighted by molar-refractivity contribution is 0.256. The van der Waals surface area contributed by atoms with Gasteiger partial charge in [-0.2, -0.15) is 0 Å². The fraction of sp³-hybridized carbons (Fsp3) is 0.100. The molecule has 0 saturated heterocycles. The summed E-state index contributed by atoms with van der Waals surface area (Å²) >= 11 is 1.22. The number of rotatable bonds is 10. The van der Waals surface area contributed by atoms with Crippen LogP contribution in [0.25, 0.3) is 11.3 Å². The van der Waals surface area contributed by atoms with Crippen molar-refractivity contribution in [1.82, 2.24) is 4.98 Å². The van der Waals surface area contributed by atoms with Gasteiger partial charge in [0.25, 0.3) is 10.0 Å². The molecule has 5 rings (SSSR count). The van der Waals surface area contributed by atoms with Crippen molar-refractivity contribution in [3.63, 3.8) is 0 Å². The molecule has 5 aromatic rings. The third-order valence-electron chi connectivity index (χ3n) is 5.77. The monoisotopic (exact) mass is 542 g/mol. The molecule has 1 aromatic heterocycles.